The molecule has 3 aromatic rings. The molecular formula is C27H25ClN4O4. The van der Waals surface area contributed by atoms with Crippen LogP contribution in [0, 0.1) is 17.0 Å². The molecule has 0 radical (unpaired) electrons. The van der Waals surface area contributed by atoms with Crippen LogP contribution in [-0.2, 0) is 4.79 Å². The lowest BCUT2D eigenvalue weighted by Gasteiger charge is -2.36. The predicted molar refractivity (Wildman–Crippen MR) is 142 cm³/mol. The standard InChI is InChI=1S/C27H25ClN4O4/c1-19-22(8-5-9-24(19)32(35)36)27(34)29-23-18-21(28)11-12-25(23)30-14-16-31(17-15-30)26(33)13-10-20-6-3-2-4-7-20/h2-13,18H,14-17H2,1H3,(H,29,34)/b13-10+. The van der Waals surface area contributed by atoms with Crippen LogP contribution < -0.4 is 10.2 Å². The lowest BCUT2D eigenvalue weighted by atomic mass is 10.1. The van der Waals surface area contributed by atoms with Crippen LogP contribution in [0.3, 0.4) is 0 Å². The van der Waals surface area contributed by atoms with Crippen LogP contribution in [0.2, 0.25) is 5.02 Å². The topological polar surface area (TPSA) is 95.8 Å². The van der Waals surface area contributed by atoms with Crippen molar-refractivity contribution in [2.45, 2.75) is 6.92 Å². The molecule has 0 aromatic heterocycles. The Kier molecular flexibility index (Phi) is 7.65. The lowest BCUT2D eigenvalue weighted by Crippen LogP contribution is -2.48. The summed E-state index contributed by atoms with van der Waals surface area (Å²) in [5, 5.41) is 14.6. The maximum atomic E-state index is 13.0. The molecule has 1 aliphatic rings. The number of amides is 2. The van der Waals surface area contributed by atoms with Crippen molar-refractivity contribution in [2.24, 2.45) is 0 Å². The fourth-order valence-corrected chi connectivity index (χ4v) is 4.32. The zero-order chi connectivity index (χ0) is 25.7. The van der Waals surface area contributed by atoms with Crippen molar-refractivity contribution in [1.82, 2.24) is 4.90 Å². The number of hydrogen-bond donors (Lipinski definition) is 1. The SMILES string of the molecule is Cc1c(C(=O)Nc2cc(Cl)ccc2N2CCN(C(=O)/C=C/c3ccccc3)CC2)cccc1[N+](=O)[O-]. The average molecular weight is 505 g/mol. The number of halogens is 1. The molecule has 0 aliphatic carbocycles. The molecule has 1 N–H and O–H groups in total. The minimum atomic E-state index is -0.507. The van der Waals surface area contributed by atoms with Gasteiger partial charge < -0.3 is 15.1 Å². The van der Waals surface area contributed by atoms with E-state index in [4.69, 9.17) is 11.6 Å². The first kappa shape index (κ1) is 24.9. The summed E-state index contributed by atoms with van der Waals surface area (Å²) in [5.41, 5.74) is 2.63. The lowest BCUT2D eigenvalue weighted by molar-refractivity contribution is -0.385. The number of carbonyl (C=O) groups is 2. The molecule has 0 unspecified atom stereocenters. The summed E-state index contributed by atoms with van der Waals surface area (Å²) in [6.45, 7) is 3.75. The normalized spacial score (nSPS) is 13.6. The van der Waals surface area contributed by atoms with Crippen LogP contribution in [0.4, 0.5) is 17.1 Å². The molecule has 1 heterocycles. The van der Waals surface area contributed by atoms with Crippen molar-refractivity contribution >= 4 is 46.6 Å². The third-order valence-electron chi connectivity index (χ3n) is 6.10. The monoisotopic (exact) mass is 504 g/mol. The molecule has 184 valence electrons. The van der Waals surface area contributed by atoms with Gasteiger partial charge in [-0.15, -0.1) is 0 Å². The second-order valence-corrected chi connectivity index (χ2v) is 8.82. The largest absolute Gasteiger partial charge is 0.366 e. The molecule has 1 saturated heterocycles. The zero-order valence-electron chi connectivity index (χ0n) is 19.7. The molecule has 9 heteroatoms. The molecule has 3 aromatic carbocycles. The first-order chi connectivity index (χ1) is 17.3. The van der Waals surface area contributed by atoms with E-state index >= 15 is 0 Å². The van der Waals surface area contributed by atoms with Crippen molar-refractivity contribution in [1.29, 1.82) is 0 Å². The van der Waals surface area contributed by atoms with Crippen molar-refractivity contribution in [3.05, 3.63) is 105 Å². The van der Waals surface area contributed by atoms with E-state index in [0.717, 1.165) is 11.3 Å². The summed E-state index contributed by atoms with van der Waals surface area (Å²) >= 11 is 6.21. The Morgan fingerprint density at radius 1 is 1.00 bits per heavy atom. The molecule has 8 nitrogen and oxygen atoms in total. The van der Waals surface area contributed by atoms with E-state index in [1.54, 1.807) is 42.2 Å². The van der Waals surface area contributed by atoms with Gasteiger partial charge in [0.2, 0.25) is 5.91 Å². The fourth-order valence-electron chi connectivity index (χ4n) is 4.15. The van der Waals surface area contributed by atoms with Crippen LogP contribution in [-0.4, -0.2) is 47.8 Å². The molecule has 0 saturated carbocycles. The van der Waals surface area contributed by atoms with Gasteiger partial charge >= 0.3 is 0 Å². The van der Waals surface area contributed by atoms with E-state index in [-0.39, 0.29) is 17.2 Å². The Labute approximate surface area is 213 Å². The number of nitrogens with zero attached hydrogens (tertiary/aromatic N) is 3. The minimum Gasteiger partial charge on any atom is -0.366 e. The zero-order valence-corrected chi connectivity index (χ0v) is 20.4. The quantitative estimate of drug-likeness (QED) is 0.284. The number of benzene rings is 3. The van der Waals surface area contributed by atoms with Crippen LogP contribution >= 0.6 is 11.6 Å². The summed E-state index contributed by atoms with van der Waals surface area (Å²) in [4.78, 5) is 40.3. The van der Waals surface area contributed by atoms with Gasteiger partial charge in [-0.2, -0.15) is 0 Å². The van der Waals surface area contributed by atoms with E-state index in [9.17, 15) is 19.7 Å². The maximum absolute atomic E-state index is 13.0. The van der Waals surface area contributed by atoms with E-state index < -0.39 is 10.8 Å². The summed E-state index contributed by atoms with van der Waals surface area (Å²) < 4.78 is 0. The van der Waals surface area contributed by atoms with Gasteiger partial charge in [0.05, 0.1) is 16.3 Å². The van der Waals surface area contributed by atoms with Gasteiger partial charge in [0, 0.05) is 54.5 Å². The molecule has 4 rings (SSSR count). The highest BCUT2D eigenvalue weighted by Gasteiger charge is 2.23. The number of nitro benzene ring substituents is 1. The van der Waals surface area contributed by atoms with Gasteiger partial charge in [-0.3, -0.25) is 19.7 Å². The fraction of sp³-hybridized carbons (Fsp3) is 0.185. The molecule has 0 spiro atoms. The van der Waals surface area contributed by atoms with Gasteiger partial charge in [0.25, 0.3) is 11.6 Å². The van der Waals surface area contributed by atoms with Gasteiger partial charge in [-0.1, -0.05) is 48.0 Å². The van der Waals surface area contributed by atoms with Gasteiger partial charge in [0.1, 0.15) is 0 Å². The van der Waals surface area contributed by atoms with Crippen molar-refractivity contribution in [3.63, 3.8) is 0 Å². The second-order valence-electron chi connectivity index (χ2n) is 8.38. The summed E-state index contributed by atoms with van der Waals surface area (Å²) in [6.07, 6.45) is 3.39. The predicted octanol–water partition coefficient (Wildman–Crippen LogP) is 5.17. The number of nitro groups is 1. The smallest absolute Gasteiger partial charge is 0.273 e. The number of rotatable bonds is 6. The Morgan fingerprint density at radius 3 is 2.42 bits per heavy atom. The Bertz CT molecular complexity index is 1320. The number of nitrogens with one attached hydrogen (secondary N) is 1. The molecule has 1 aliphatic heterocycles. The highest BCUT2D eigenvalue weighted by Crippen LogP contribution is 2.31. The third-order valence-corrected chi connectivity index (χ3v) is 6.34. The summed E-state index contributed by atoms with van der Waals surface area (Å²) in [5.74, 6) is -0.510. The highest BCUT2D eigenvalue weighted by atomic mass is 35.5. The summed E-state index contributed by atoms with van der Waals surface area (Å²) in [6, 6.07) is 19.3. The third kappa shape index (κ3) is 5.72. The first-order valence-electron chi connectivity index (χ1n) is 11.5. The number of carbonyl (C=O) groups excluding carboxylic acids is 2. The molecule has 36 heavy (non-hydrogen) atoms. The molecule has 0 atom stereocenters. The van der Waals surface area contributed by atoms with E-state index in [1.807, 2.05) is 36.4 Å². The summed E-state index contributed by atoms with van der Waals surface area (Å²) in [7, 11) is 0. The Balaban J connectivity index is 1.46. The maximum Gasteiger partial charge on any atom is 0.273 e. The van der Waals surface area contributed by atoms with Crippen LogP contribution in [0.15, 0.2) is 72.8 Å². The number of piperazine rings is 1. The van der Waals surface area contributed by atoms with Crippen molar-refractivity contribution < 1.29 is 14.5 Å². The average Bonchev–Trinajstić information content (AvgIpc) is 2.88. The number of hydrogen-bond acceptors (Lipinski definition) is 5. The van der Waals surface area contributed by atoms with Crippen LogP contribution in [0.5, 0.6) is 0 Å². The van der Waals surface area contributed by atoms with Gasteiger partial charge in [-0.05, 0) is 42.8 Å². The van der Waals surface area contributed by atoms with Crippen molar-refractivity contribution in [3.8, 4) is 0 Å². The Hall–Kier alpha value is -4.17. The number of anilines is 2. The van der Waals surface area contributed by atoms with Crippen molar-refractivity contribution in [2.75, 3.05) is 36.4 Å². The second kappa shape index (κ2) is 11.0. The molecule has 0 bridgehead atoms. The van der Waals surface area contributed by atoms with E-state index in [0.29, 0.717) is 42.5 Å². The molecule has 1 fully saturated rings. The van der Waals surface area contributed by atoms with Gasteiger partial charge in [0.15, 0.2) is 0 Å². The van der Waals surface area contributed by atoms with Gasteiger partial charge in [-0.25, -0.2) is 0 Å². The first-order valence-corrected chi connectivity index (χ1v) is 11.8. The van der Waals surface area contributed by atoms with E-state index in [2.05, 4.69) is 10.2 Å². The van der Waals surface area contributed by atoms with Crippen LogP contribution in [0.1, 0.15) is 21.5 Å². The van der Waals surface area contributed by atoms with Crippen LogP contribution in [0.25, 0.3) is 6.08 Å². The molecule has 2 amide bonds. The molecular weight excluding hydrogens is 480 g/mol. The Morgan fingerprint density at radius 2 is 1.72 bits per heavy atom. The minimum absolute atomic E-state index is 0.0516. The van der Waals surface area contributed by atoms with E-state index in [1.165, 1.54) is 12.1 Å². The highest BCUT2D eigenvalue weighted by molar-refractivity contribution is 6.31.